The molecule has 2 atom stereocenters. The highest BCUT2D eigenvalue weighted by atomic mass is 16.1. The number of hydrogen-bond acceptors (Lipinski definition) is 2. The lowest BCUT2D eigenvalue weighted by Crippen LogP contribution is -2.45. The summed E-state index contributed by atoms with van der Waals surface area (Å²) in [4.78, 5) is 13.7. The molecule has 1 saturated heterocycles. The fourth-order valence-corrected chi connectivity index (χ4v) is 2.39. The molecule has 0 aromatic carbocycles. The number of piperidine rings is 1. The highest BCUT2D eigenvalue weighted by molar-refractivity contribution is 5.76. The topological polar surface area (TPSA) is 20.3 Å². The third kappa shape index (κ3) is 3.09. The summed E-state index contributed by atoms with van der Waals surface area (Å²) in [6.07, 6.45) is 5.76. The van der Waals surface area contributed by atoms with Gasteiger partial charge in [0.25, 0.3) is 0 Å². The molecule has 2 unspecified atom stereocenters. The molecule has 1 rings (SSSR count). The van der Waals surface area contributed by atoms with E-state index in [9.17, 15) is 4.79 Å². The van der Waals surface area contributed by atoms with E-state index in [-0.39, 0.29) is 0 Å². The molecule has 2 nitrogen and oxygen atoms in total. The maximum absolute atomic E-state index is 11.1. The maximum Gasteiger partial charge on any atom is 0.131 e. The van der Waals surface area contributed by atoms with E-state index in [1.807, 2.05) is 0 Å². The standard InChI is InChI=1S/C12H23NO/c1-4-10(2)13-8-6-5-7-12(13)9-11(3)14/h10,12H,4-9H2,1-3H3. The van der Waals surface area contributed by atoms with E-state index in [1.165, 1.54) is 32.2 Å². The minimum Gasteiger partial charge on any atom is -0.300 e. The van der Waals surface area contributed by atoms with Crippen molar-refractivity contribution in [1.29, 1.82) is 0 Å². The zero-order valence-electron chi connectivity index (χ0n) is 9.75. The van der Waals surface area contributed by atoms with Gasteiger partial charge in [0.2, 0.25) is 0 Å². The fraction of sp³-hybridized carbons (Fsp3) is 0.917. The van der Waals surface area contributed by atoms with Crippen LogP contribution in [0.25, 0.3) is 0 Å². The van der Waals surface area contributed by atoms with Gasteiger partial charge in [0.05, 0.1) is 0 Å². The van der Waals surface area contributed by atoms with Crippen LogP contribution in [0.1, 0.15) is 52.9 Å². The summed E-state index contributed by atoms with van der Waals surface area (Å²) >= 11 is 0. The molecular weight excluding hydrogens is 174 g/mol. The molecule has 0 saturated carbocycles. The number of rotatable bonds is 4. The average Bonchev–Trinajstić information content (AvgIpc) is 2.16. The van der Waals surface area contributed by atoms with Gasteiger partial charge in [-0.3, -0.25) is 9.69 Å². The molecule has 0 aromatic heterocycles. The molecule has 0 bridgehead atoms. The molecule has 0 spiro atoms. The molecule has 2 heteroatoms. The van der Waals surface area contributed by atoms with Crippen LogP contribution >= 0.6 is 0 Å². The Morgan fingerprint density at radius 2 is 2.21 bits per heavy atom. The monoisotopic (exact) mass is 197 g/mol. The molecule has 0 radical (unpaired) electrons. The lowest BCUT2D eigenvalue weighted by molar-refractivity contribution is -0.118. The Morgan fingerprint density at radius 1 is 1.50 bits per heavy atom. The first-order valence-electron chi connectivity index (χ1n) is 5.90. The molecule has 14 heavy (non-hydrogen) atoms. The Morgan fingerprint density at radius 3 is 2.79 bits per heavy atom. The summed E-state index contributed by atoms with van der Waals surface area (Å²) in [6, 6.07) is 1.16. The van der Waals surface area contributed by atoms with Gasteiger partial charge in [-0.15, -0.1) is 0 Å². The van der Waals surface area contributed by atoms with Crippen molar-refractivity contribution in [3.63, 3.8) is 0 Å². The summed E-state index contributed by atoms with van der Waals surface area (Å²) in [7, 11) is 0. The predicted octanol–water partition coefficient (Wildman–Crippen LogP) is 2.62. The lowest BCUT2D eigenvalue weighted by atomic mass is 9.95. The first-order chi connectivity index (χ1) is 6.65. The Kier molecular flexibility index (Phi) is 4.59. The van der Waals surface area contributed by atoms with Crippen LogP contribution in [0.5, 0.6) is 0 Å². The largest absolute Gasteiger partial charge is 0.300 e. The fourth-order valence-electron chi connectivity index (χ4n) is 2.39. The van der Waals surface area contributed by atoms with Gasteiger partial charge in [-0.1, -0.05) is 13.3 Å². The van der Waals surface area contributed by atoms with Crippen LogP contribution < -0.4 is 0 Å². The summed E-state index contributed by atoms with van der Waals surface area (Å²) in [6.45, 7) is 7.40. The zero-order valence-corrected chi connectivity index (χ0v) is 9.75. The second-order valence-electron chi connectivity index (χ2n) is 4.55. The summed E-state index contributed by atoms with van der Waals surface area (Å²) < 4.78 is 0. The quantitative estimate of drug-likeness (QED) is 0.690. The SMILES string of the molecule is CCC(C)N1CCCCC1CC(C)=O. The third-order valence-corrected chi connectivity index (χ3v) is 3.35. The summed E-state index contributed by atoms with van der Waals surface area (Å²) in [5, 5.41) is 0. The van der Waals surface area contributed by atoms with Crippen molar-refractivity contribution in [2.75, 3.05) is 6.54 Å². The number of likely N-dealkylation sites (tertiary alicyclic amines) is 1. The third-order valence-electron chi connectivity index (χ3n) is 3.35. The molecule has 1 aliphatic rings. The number of ketones is 1. The molecule has 0 aromatic rings. The summed E-state index contributed by atoms with van der Waals surface area (Å²) in [5.74, 6) is 0.338. The van der Waals surface area contributed by atoms with Gasteiger partial charge >= 0.3 is 0 Å². The lowest BCUT2D eigenvalue weighted by Gasteiger charge is -2.39. The van der Waals surface area contributed by atoms with Crippen molar-refractivity contribution in [3.8, 4) is 0 Å². The van der Waals surface area contributed by atoms with E-state index < -0.39 is 0 Å². The van der Waals surface area contributed by atoms with Crippen LogP contribution in [0, 0.1) is 0 Å². The molecule has 1 fully saturated rings. The van der Waals surface area contributed by atoms with Crippen LogP contribution in [0.2, 0.25) is 0 Å². The van der Waals surface area contributed by atoms with Gasteiger partial charge in [-0.05, 0) is 39.7 Å². The zero-order chi connectivity index (χ0) is 10.6. The molecule has 82 valence electrons. The molecule has 0 amide bonds. The Hall–Kier alpha value is -0.370. The Balaban J connectivity index is 2.54. The van der Waals surface area contributed by atoms with E-state index in [0.717, 1.165) is 6.42 Å². The highest BCUT2D eigenvalue weighted by Gasteiger charge is 2.26. The molecular formula is C12H23NO. The van der Waals surface area contributed by atoms with E-state index in [0.29, 0.717) is 17.9 Å². The first kappa shape index (κ1) is 11.7. The highest BCUT2D eigenvalue weighted by Crippen LogP contribution is 2.23. The molecule has 0 aliphatic carbocycles. The van der Waals surface area contributed by atoms with Crippen LogP contribution in [0.15, 0.2) is 0 Å². The second kappa shape index (κ2) is 5.50. The van der Waals surface area contributed by atoms with Crippen molar-refractivity contribution < 1.29 is 4.79 Å². The van der Waals surface area contributed by atoms with Crippen LogP contribution in [-0.4, -0.2) is 29.3 Å². The molecule has 1 heterocycles. The number of carbonyl (C=O) groups is 1. The van der Waals surface area contributed by atoms with Crippen LogP contribution in [0.3, 0.4) is 0 Å². The number of nitrogens with zero attached hydrogens (tertiary/aromatic N) is 1. The van der Waals surface area contributed by atoms with E-state index in [2.05, 4.69) is 18.7 Å². The summed E-state index contributed by atoms with van der Waals surface area (Å²) in [5.41, 5.74) is 0. The van der Waals surface area contributed by atoms with Crippen molar-refractivity contribution in [3.05, 3.63) is 0 Å². The van der Waals surface area contributed by atoms with Crippen molar-refractivity contribution in [2.45, 2.75) is 65.0 Å². The normalized spacial score (nSPS) is 26.1. The van der Waals surface area contributed by atoms with Gasteiger partial charge in [0.1, 0.15) is 5.78 Å². The van der Waals surface area contributed by atoms with Gasteiger partial charge in [0.15, 0.2) is 0 Å². The second-order valence-corrected chi connectivity index (χ2v) is 4.55. The number of hydrogen-bond donors (Lipinski definition) is 0. The minimum absolute atomic E-state index is 0.338. The van der Waals surface area contributed by atoms with Crippen LogP contribution in [0.4, 0.5) is 0 Å². The van der Waals surface area contributed by atoms with Crippen LogP contribution in [-0.2, 0) is 4.79 Å². The Labute approximate surface area is 87.7 Å². The molecule has 0 N–H and O–H groups in total. The Bertz CT molecular complexity index is 191. The van der Waals surface area contributed by atoms with E-state index >= 15 is 0 Å². The van der Waals surface area contributed by atoms with Crippen molar-refractivity contribution >= 4 is 5.78 Å². The smallest absolute Gasteiger partial charge is 0.131 e. The van der Waals surface area contributed by atoms with Gasteiger partial charge in [0, 0.05) is 18.5 Å². The van der Waals surface area contributed by atoms with Crippen molar-refractivity contribution in [2.24, 2.45) is 0 Å². The first-order valence-corrected chi connectivity index (χ1v) is 5.90. The average molecular weight is 197 g/mol. The van der Waals surface area contributed by atoms with E-state index in [1.54, 1.807) is 6.92 Å². The van der Waals surface area contributed by atoms with E-state index in [4.69, 9.17) is 0 Å². The minimum atomic E-state index is 0.338. The van der Waals surface area contributed by atoms with Crippen molar-refractivity contribution in [1.82, 2.24) is 4.90 Å². The van der Waals surface area contributed by atoms with Gasteiger partial charge in [-0.2, -0.15) is 0 Å². The maximum atomic E-state index is 11.1. The van der Waals surface area contributed by atoms with Gasteiger partial charge in [-0.25, -0.2) is 0 Å². The predicted molar refractivity (Wildman–Crippen MR) is 59.4 cm³/mol. The number of carbonyl (C=O) groups excluding carboxylic acids is 1. The molecule has 1 aliphatic heterocycles. The van der Waals surface area contributed by atoms with Gasteiger partial charge < -0.3 is 0 Å². The number of Topliss-reactive ketones (excluding diaryl/α,β-unsaturated/α-hetero) is 1.